The third-order valence-corrected chi connectivity index (χ3v) is 12.8. The number of nitrogens with zero attached hydrogens (tertiary/aromatic N) is 6. The number of rotatable bonds is 11. The number of anilines is 1. The number of benzene rings is 2. The fourth-order valence-electron chi connectivity index (χ4n) is 6.82. The summed E-state index contributed by atoms with van der Waals surface area (Å²) < 4.78 is 160. The Hall–Kier alpha value is -5.05. The van der Waals surface area contributed by atoms with E-state index in [4.69, 9.17) is 23.2 Å². The molecule has 0 saturated carbocycles. The molecule has 0 radical (unpaired) electrons. The molecule has 3 heterocycles. The summed E-state index contributed by atoms with van der Waals surface area (Å²) in [5, 5.41) is 8.07. The second-order valence-corrected chi connectivity index (χ2v) is 18.6. The molecule has 3 aromatic heterocycles. The van der Waals surface area contributed by atoms with Crippen molar-refractivity contribution < 1.29 is 61.9 Å². The fourth-order valence-corrected chi connectivity index (χ4v) is 8.20. The third kappa shape index (κ3) is 14.1. The molecular formula is C44H47Cl2F10N7O4S2. The number of hydrogen-bond acceptors (Lipinski definition) is 7. The van der Waals surface area contributed by atoms with Gasteiger partial charge in [0.15, 0.2) is 11.5 Å². The highest BCUT2D eigenvalue weighted by Gasteiger charge is 2.49. The third-order valence-electron chi connectivity index (χ3n) is 9.80. The molecule has 0 aliphatic heterocycles. The van der Waals surface area contributed by atoms with Crippen LogP contribution in [0.2, 0.25) is 5.02 Å². The Morgan fingerprint density at radius 2 is 1.55 bits per heavy atom. The van der Waals surface area contributed by atoms with Gasteiger partial charge in [-0.05, 0) is 87.0 Å². The maximum absolute atomic E-state index is 14.2. The molecule has 25 heteroatoms. The molecule has 5 aromatic rings. The van der Waals surface area contributed by atoms with Gasteiger partial charge in [0, 0.05) is 59.0 Å². The summed E-state index contributed by atoms with van der Waals surface area (Å²) in [4.78, 5) is 28.8. The molecule has 2 amide bonds. The molecule has 3 atom stereocenters. The summed E-state index contributed by atoms with van der Waals surface area (Å²) in [6.07, 6.45) is -7.72. The molecule has 2 aromatic carbocycles. The average Bonchev–Trinajstić information content (AvgIpc) is 3.92. The van der Waals surface area contributed by atoms with Crippen molar-refractivity contribution in [1.82, 2.24) is 29.9 Å². The molecule has 69 heavy (non-hydrogen) atoms. The lowest BCUT2D eigenvalue weighted by atomic mass is 9.94. The Balaban J connectivity index is 0.000000524. The van der Waals surface area contributed by atoms with Gasteiger partial charge in [0.1, 0.15) is 45.3 Å². The number of carbonyl (C=O) groups excluding carboxylic acids is 2. The number of amides is 2. The summed E-state index contributed by atoms with van der Waals surface area (Å²) in [7, 11) is -3.56. The van der Waals surface area contributed by atoms with Gasteiger partial charge in [-0.15, -0.1) is 0 Å². The summed E-state index contributed by atoms with van der Waals surface area (Å²) in [6, 6.07) is 7.14. The average molecular weight is 1060 g/mol. The van der Waals surface area contributed by atoms with E-state index in [0.717, 1.165) is 23.1 Å². The van der Waals surface area contributed by atoms with Gasteiger partial charge in [-0.25, -0.2) is 18.0 Å². The van der Waals surface area contributed by atoms with Crippen molar-refractivity contribution in [3.63, 3.8) is 0 Å². The highest BCUT2D eigenvalue weighted by molar-refractivity contribution is 7.86. The zero-order valence-corrected chi connectivity index (χ0v) is 41.5. The van der Waals surface area contributed by atoms with Gasteiger partial charge < -0.3 is 5.32 Å². The molecule has 378 valence electrons. The second kappa shape index (κ2) is 23.7. The number of nitrogens with one attached hydrogen (secondary N) is 1. The van der Waals surface area contributed by atoms with Gasteiger partial charge >= 0.3 is 17.7 Å². The van der Waals surface area contributed by atoms with Crippen molar-refractivity contribution in [2.75, 3.05) is 16.8 Å². The Kier molecular flexibility index (Phi) is 20.0. The number of alkyl halides is 8. The quantitative estimate of drug-likeness (QED) is 0.0458. The van der Waals surface area contributed by atoms with E-state index in [-0.39, 0.29) is 69.0 Å². The molecule has 1 aliphatic carbocycles. The van der Waals surface area contributed by atoms with Crippen LogP contribution in [0, 0.1) is 23.5 Å². The molecule has 6 rings (SSSR count). The Morgan fingerprint density at radius 3 is 2.06 bits per heavy atom. The highest BCUT2D eigenvalue weighted by Crippen LogP contribution is 2.47. The van der Waals surface area contributed by atoms with Crippen molar-refractivity contribution in [2.45, 2.75) is 110 Å². The minimum absolute atomic E-state index is 0.00766. The lowest BCUT2D eigenvalue weighted by Crippen LogP contribution is -2.28. The predicted octanol–water partition coefficient (Wildman–Crippen LogP) is 11.6. The van der Waals surface area contributed by atoms with E-state index in [1.54, 1.807) is 13.8 Å². The smallest absolute Gasteiger partial charge is 0.350 e. The molecule has 1 N–H and O–H groups in total. The lowest BCUT2D eigenvalue weighted by Gasteiger charge is -2.21. The Morgan fingerprint density at radius 1 is 0.957 bits per heavy atom. The number of pyridine rings is 1. The van der Waals surface area contributed by atoms with Crippen LogP contribution < -0.4 is 9.62 Å². The lowest BCUT2D eigenvalue weighted by molar-refractivity contribution is -0.142. The Bertz CT molecular complexity index is 2740. The van der Waals surface area contributed by atoms with Crippen molar-refractivity contribution in [3.8, 4) is 23.0 Å². The van der Waals surface area contributed by atoms with Gasteiger partial charge in [0.2, 0.25) is 6.41 Å². The van der Waals surface area contributed by atoms with E-state index in [9.17, 15) is 61.9 Å². The first-order valence-corrected chi connectivity index (χ1v) is 24.6. The fraction of sp³-hybridized carbons (Fsp3) is 0.432. The van der Waals surface area contributed by atoms with Crippen LogP contribution in [0.4, 0.5) is 54.5 Å². The predicted molar refractivity (Wildman–Crippen MR) is 247 cm³/mol. The van der Waals surface area contributed by atoms with E-state index >= 15 is 0 Å². The minimum atomic E-state index is -4.84. The van der Waals surface area contributed by atoms with Crippen LogP contribution in [0.1, 0.15) is 94.8 Å². The van der Waals surface area contributed by atoms with Gasteiger partial charge in [0.25, 0.3) is 5.92 Å². The van der Waals surface area contributed by atoms with Gasteiger partial charge in [-0.2, -0.15) is 49.6 Å². The maximum atomic E-state index is 14.2. The summed E-state index contributed by atoms with van der Waals surface area (Å²) in [6.45, 7) is 11.1. The van der Waals surface area contributed by atoms with Gasteiger partial charge in [-0.1, -0.05) is 51.3 Å². The summed E-state index contributed by atoms with van der Waals surface area (Å²) >= 11 is 12.1. The zero-order chi connectivity index (χ0) is 52.6. The number of aromatic nitrogens is 5. The van der Waals surface area contributed by atoms with E-state index in [1.165, 1.54) is 37.4 Å². The first kappa shape index (κ1) is 58.3. The van der Waals surface area contributed by atoms with E-state index in [0.29, 0.717) is 21.5 Å². The molecule has 0 fully saturated rings. The second-order valence-electron chi connectivity index (χ2n) is 14.7. The van der Waals surface area contributed by atoms with Crippen molar-refractivity contribution >= 4 is 73.5 Å². The standard InChI is InChI=1S/C31H26Cl2F5N5O4S2.C9H9F5N2.2C2H6/c1-30(2,48(3)46)10-9-20-5-6-21(26(40-20)24(39-16-44)13-17-11-18(34)14-19(35)12-17)22-7-8-23(32)25-27(22)42(15-31(36,37)38)41-28(25)43(29(33)45)49(4)47;1-2-16-7-5(3-4-8(7,10)11)6(15-16)9(12,13)14;2*1-2/h5-8,11-12,14,16,24H,13,15H2,1-4H3,(H,39,44);2-4H2,1H3;2*1-2H3. The van der Waals surface area contributed by atoms with Crippen molar-refractivity contribution in [3.05, 3.63) is 93.0 Å². The molecule has 1 aliphatic rings. The molecule has 3 unspecified atom stereocenters. The van der Waals surface area contributed by atoms with Crippen LogP contribution in [0.3, 0.4) is 0 Å². The monoisotopic (exact) mass is 1060 g/mol. The molecule has 0 bridgehead atoms. The number of hydrogen-bond donors (Lipinski definition) is 1. The van der Waals surface area contributed by atoms with Crippen LogP contribution in [-0.4, -0.2) is 68.2 Å². The number of halogens is 12. The van der Waals surface area contributed by atoms with Gasteiger partial charge in [0.05, 0.1) is 27.7 Å². The van der Waals surface area contributed by atoms with Crippen LogP contribution in [0.15, 0.2) is 42.5 Å². The van der Waals surface area contributed by atoms with Crippen molar-refractivity contribution in [2.24, 2.45) is 0 Å². The van der Waals surface area contributed by atoms with Crippen LogP contribution >= 0.6 is 23.2 Å². The van der Waals surface area contributed by atoms with Crippen LogP contribution in [0.5, 0.6) is 0 Å². The van der Waals surface area contributed by atoms with Gasteiger partial charge in [-0.3, -0.25) is 23.2 Å². The maximum Gasteiger partial charge on any atom is 0.435 e. The first-order chi connectivity index (χ1) is 32.1. The number of aryl methyl sites for hydroxylation is 1. The largest absolute Gasteiger partial charge is 0.435 e. The highest BCUT2D eigenvalue weighted by atomic mass is 35.5. The summed E-state index contributed by atoms with van der Waals surface area (Å²) in [5.74, 6) is 0.203. The molecule has 0 spiro atoms. The molecule has 11 nitrogen and oxygen atoms in total. The normalized spacial score (nSPS) is 14.3. The van der Waals surface area contributed by atoms with Crippen molar-refractivity contribution in [1.29, 1.82) is 0 Å². The van der Waals surface area contributed by atoms with Crippen LogP contribution in [0.25, 0.3) is 22.0 Å². The van der Waals surface area contributed by atoms with E-state index in [2.05, 4.69) is 32.3 Å². The summed E-state index contributed by atoms with van der Waals surface area (Å²) in [5.41, 5.74) is -1.99. The first-order valence-electron chi connectivity index (χ1n) is 20.8. The van der Waals surface area contributed by atoms with E-state index in [1.807, 2.05) is 27.7 Å². The van der Waals surface area contributed by atoms with Crippen LogP contribution in [-0.2, 0) is 64.6 Å². The number of fused-ring (bicyclic) bond motifs is 2. The topological polar surface area (TPSA) is 132 Å². The molecular weight excluding hydrogens is 1020 g/mol. The number of carbonyl (C=O) groups is 2. The SMILES string of the molecule is CC.CC.CCn1nc(C(F)(F)F)c2c1C(F)(F)CC2.CS(=O)N(C(=O)Cl)c1nn(CC(F)(F)F)c2c(-c3ccc(C#CC(C)(C)S(C)=O)nc3C(Cc3cc(F)cc(F)c3)NC=O)ccc(Cl)c12. The Labute approximate surface area is 406 Å². The minimum Gasteiger partial charge on any atom is -0.350 e. The molecule has 0 saturated heterocycles. The van der Waals surface area contributed by atoms with E-state index < -0.39 is 98.0 Å². The zero-order valence-electron chi connectivity index (χ0n) is 38.4.